The van der Waals surface area contributed by atoms with Gasteiger partial charge in [0.15, 0.2) is 11.9 Å². The molecule has 1 aromatic rings. The lowest BCUT2D eigenvalue weighted by atomic mass is 9.82. The Morgan fingerprint density at radius 2 is 1.79 bits per heavy atom. The first-order chi connectivity index (χ1) is 16.0. The molecular weight excluding hydrogens is 440 g/mol. The molecule has 0 aromatic heterocycles. The number of guanidine groups is 2. The number of unbranched alkanes of at least 4 members (excludes halogenated alkanes) is 1. The van der Waals surface area contributed by atoms with Crippen molar-refractivity contribution in [1.82, 2.24) is 14.7 Å². The summed E-state index contributed by atoms with van der Waals surface area (Å²) in [5.74, 6) is 3.16. The standard InChI is InChI=1S/C27H44N6.H2S/c1-21-9-11-24(12-10-21)20-33-25(19-30-26(33)28)8-3-4-14-31-16-17-32(27(31)29)15-13-23-7-5-6-22(2)18-23;/h5-7,18,21,24-25,29H,3-4,8-17,19-20H2,1-2H3,(H2,28,30);1H2/t21?,24?,25-;/m0./s1. The van der Waals surface area contributed by atoms with Gasteiger partial charge >= 0.3 is 0 Å². The lowest BCUT2D eigenvalue weighted by molar-refractivity contribution is 0.211. The summed E-state index contributed by atoms with van der Waals surface area (Å²) >= 11 is 0. The average Bonchev–Trinajstić information content (AvgIpc) is 3.33. The van der Waals surface area contributed by atoms with Gasteiger partial charge in [0.25, 0.3) is 0 Å². The lowest BCUT2D eigenvalue weighted by Crippen LogP contribution is -2.44. The number of benzene rings is 1. The second-order valence-corrected chi connectivity index (χ2v) is 10.7. The molecule has 4 rings (SSSR count). The smallest absolute Gasteiger partial charge is 0.193 e. The second-order valence-electron chi connectivity index (χ2n) is 10.7. The highest BCUT2D eigenvalue weighted by Crippen LogP contribution is 2.30. The summed E-state index contributed by atoms with van der Waals surface area (Å²) in [5.41, 5.74) is 8.94. The first kappa shape index (κ1) is 26.7. The minimum absolute atomic E-state index is 0. The number of hydrogen-bond donors (Lipinski definition) is 2. The highest BCUT2D eigenvalue weighted by atomic mass is 32.1. The van der Waals surface area contributed by atoms with E-state index in [4.69, 9.17) is 11.1 Å². The summed E-state index contributed by atoms with van der Waals surface area (Å²) in [6.45, 7) is 10.4. The second kappa shape index (κ2) is 12.7. The number of aryl methyl sites for hydroxylation is 1. The fraction of sp³-hybridized carbons (Fsp3) is 0.704. The van der Waals surface area contributed by atoms with Crippen LogP contribution in [0.5, 0.6) is 0 Å². The van der Waals surface area contributed by atoms with E-state index in [0.29, 0.717) is 12.0 Å². The largest absolute Gasteiger partial charge is 0.370 e. The Labute approximate surface area is 213 Å². The SMILES string of the molecule is Cc1cccc(CCN2CCN(CCCC[C@H]3CN=C(N)N3CC3CCC(C)CC3)C2=N)c1.S. The van der Waals surface area contributed by atoms with Crippen molar-refractivity contribution in [3.05, 3.63) is 35.4 Å². The Hall–Kier alpha value is -1.89. The van der Waals surface area contributed by atoms with E-state index < -0.39 is 0 Å². The fourth-order valence-electron chi connectivity index (χ4n) is 5.76. The van der Waals surface area contributed by atoms with E-state index in [-0.39, 0.29) is 13.5 Å². The molecule has 34 heavy (non-hydrogen) atoms. The van der Waals surface area contributed by atoms with Crippen LogP contribution >= 0.6 is 13.5 Å². The van der Waals surface area contributed by atoms with Crippen molar-refractivity contribution in [2.75, 3.05) is 39.3 Å². The molecule has 190 valence electrons. The van der Waals surface area contributed by atoms with Crippen LogP contribution in [-0.2, 0) is 6.42 Å². The molecule has 1 saturated carbocycles. The van der Waals surface area contributed by atoms with Crippen molar-refractivity contribution in [3.63, 3.8) is 0 Å². The van der Waals surface area contributed by atoms with Gasteiger partial charge < -0.3 is 20.4 Å². The number of nitrogens with one attached hydrogen (secondary N) is 1. The third-order valence-corrected chi connectivity index (χ3v) is 8.00. The van der Waals surface area contributed by atoms with Gasteiger partial charge in [-0.05, 0) is 62.8 Å². The van der Waals surface area contributed by atoms with Crippen LogP contribution in [0.25, 0.3) is 0 Å². The van der Waals surface area contributed by atoms with Crippen LogP contribution in [0.4, 0.5) is 0 Å². The molecule has 0 radical (unpaired) electrons. The molecule has 2 fully saturated rings. The van der Waals surface area contributed by atoms with Gasteiger partial charge in [-0.1, -0.05) is 49.6 Å². The molecule has 0 spiro atoms. The number of rotatable bonds is 10. The van der Waals surface area contributed by atoms with Crippen LogP contribution in [0.1, 0.15) is 63.0 Å². The molecule has 0 bridgehead atoms. The van der Waals surface area contributed by atoms with Gasteiger partial charge in [-0.15, -0.1) is 0 Å². The molecule has 1 saturated heterocycles. The molecule has 6 nitrogen and oxygen atoms in total. The lowest BCUT2D eigenvalue weighted by Gasteiger charge is -2.33. The van der Waals surface area contributed by atoms with Gasteiger partial charge in [-0.3, -0.25) is 10.4 Å². The van der Waals surface area contributed by atoms with Crippen LogP contribution in [0.15, 0.2) is 29.3 Å². The van der Waals surface area contributed by atoms with E-state index in [9.17, 15) is 0 Å². The van der Waals surface area contributed by atoms with Crippen LogP contribution in [0.2, 0.25) is 0 Å². The third-order valence-electron chi connectivity index (χ3n) is 8.00. The number of nitrogens with two attached hydrogens (primary N) is 1. The highest BCUT2D eigenvalue weighted by molar-refractivity contribution is 7.59. The van der Waals surface area contributed by atoms with Crippen molar-refractivity contribution in [3.8, 4) is 0 Å². The van der Waals surface area contributed by atoms with E-state index in [1.807, 2.05) is 0 Å². The molecule has 3 aliphatic rings. The summed E-state index contributed by atoms with van der Waals surface area (Å²) in [5, 5.41) is 8.60. The maximum absolute atomic E-state index is 8.60. The molecule has 7 heteroatoms. The van der Waals surface area contributed by atoms with E-state index in [1.54, 1.807) is 0 Å². The van der Waals surface area contributed by atoms with Gasteiger partial charge in [0.05, 0.1) is 12.6 Å². The van der Waals surface area contributed by atoms with Crippen molar-refractivity contribution in [1.29, 1.82) is 5.41 Å². The van der Waals surface area contributed by atoms with E-state index in [1.165, 1.54) is 43.2 Å². The Morgan fingerprint density at radius 3 is 2.53 bits per heavy atom. The van der Waals surface area contributed by atoms with Gasteiger partial charge in [0.2, 0.25) is 0 Å². The predicted molar refractivity (Wildman–Crippen MR) is 148 cm³/mol. The zero-order chi connectivity index (χ0) is 23.2. The highest BCUT2D eigenvalue weighted by Gasteiger charge is 2.30. The fourth-order valence-corrected chi connectivity index (χ4v) is 5.76. The molecule has 1 aliphatic carbocycles. The third kappa shape index (κ3) is 7.06. The average molecular weight is 487 g/mol. The molecule has 2 heterocycles. The molecular formula is C27H46N6S. The number of aliphatic imine (C=N–C) groups is 1. The monoisotopic (exact) mass is 486 g/mol. The summed E-state index contributed by atoms with van der Waals surface area (Å²) < 4.78 is 0. The summed E-state index contributed by atoms with van der Waals surface area (Å²) in [6, 6.07) is 9.21. The van der Waals surface area contributed by atoms with Gasteiger partial charge in [-0.25, -0.2) is 0 Å². The topological polar surface area (TPSA) is 72.0 Å². The normalized spacial score (nSPS) is 25.0. The van der Waals surface area contributed by atoms with E-state index in [0.717, 1.165) is 76.3 Å². The maximum atomic E-state index is 8.60. The van der Waals surface area contributed by atoms with Crippen molar-refractivity contribution >= 4 is 25.4 Å². The molecule has 1 atom stereocenters. The van der Waals surface area contributed by atoms with Gasteiger partial charge in [0, 0.05) is 32.7 Å². The molecule has 0 amide bonds. The van der Waals surface area contributed by atoms with Crippen LogP contribution < -0.4 is 5.73 Å². The Balaban J connectivity index is 0.00000324. The molecule has 0 unspecified atom stereocenters. The van der Waals surface area contributed by atoms with Crippen LogP contribution in [-0.4, -0.2) is 71.9 Å². The van der Waals surface area contributed by atoms with Crippen LogP contribution in [0, 0.1) is 24.2 Å². The quantitative estimate of drug-likeness (QED) is 0.486. The first-order valence-corrected chi connectivity index (χ1v) is 13.2. The van der Waals surface area contributed by atoms with E-state index >= 15 is 0 Å². The van der Waals surface area contributed by atoms with Gasteiger partial charge in [-0.2, -0.15) is 13.5 Å². The van der Waals surface area contributed by atoms with Crippen molar-refractivity contribution < 1.29 is 0 Å². The Morgan fingerprint density at radius 1 is 1.06 bits per heavy atom. The number of hydrogen-bond acceptors (Lipinski definition) is 4. The minimum atomic E-state index is 0. The van der Waals surface area contributed by atoms with Gasteiger partial charge in [0.1, 0.15) is 0 Å². The van der Waals surface area contributed by atoms with Crippen LogP contribution in [0.3, 0.4) is 0 Å². The summed E-state index contributed by atoms with van der Waals surface area (Å²) in [6.07, 6.45) is 9.90. The summed E-state index contributed by atoms with van der Waals surface area (Å²) in [7, 11) is 0. The van der Waals surface area contributed by atoms with Crippen molar-refractivity contribution in [2.24, 2.45) is 22.6 Å². The molecule has 1 aromatic carbocycles. The van der Waals surface area contributed by atoms with Crippen molar-refractivity contribution in [2.45, 2.75) is 71.3 Å². The number of nitrogens with zero attached hydrogens (tertiary/aromatic N) is 4. The zero-order valence-electron chi connectivity index (χ0n) is 21.3. The predicted octanol–water partition coefficient (Wildman–Crippen LogP) is 4.20. The zero-order valence-corrected chi connectivity index (χ0v) is 22.3. The maximum Gasteiger partial charge on any atom is 0.193 e. The summed E-state index contributed by atoms with van der Waals surface area (Å²) in [4.78, 5) is 11.5. The Kier molecular flexibility index (Phi) is 9.98. The van der Waals surface area contributed by atoms with E-state index in [2.05, 4.69) is 57.8 Å². The first-order valence-electron chi connectivity index (χ1n) is 13.2. The molecule has 2 aliphatic heterocycles. The molecule has 3 N–H and O–H groups in total. The Bertz CT molecular complexity index is 819. The minimum Gasteiger partial charge on any atom is -0.370 e.